The van der Waals surface area contributed by atoms with Crippen molar-refractivity contribution in [3.63, 3.8) is 0 Å². The standard InChI is InChI=1S/C10H16N4O3S/c1-18(16,17)14-6-2-3-8(7-14)10(15)12-9-4-5-11-13-9/h4-5,8H,2-3,6-7H2,1H3,(H2,11,12,13,15). The van der Waals surface area contributed by atoms with Crippen molar-refractivity contribution in [2.75, 3.05) is 24.7 Å². The highest BCUT2D eigenvalue weighted by atomic mass is 32.2. The van der Waals surface area contributed by atoms with Gasteiger partial charge in [-0.3, -0.25) is 9.89 Å². The van der Waals surface area contributed by atoms with E-state index in [2.05, 4.69) is 15.5 Å². The molecule has 0 spiro atoms. The third-order valence-corrected chi connectivity index (χ3v) is 4.25. The lowest BCUT2D eigenvalue weighted by Gasteiger charge is -2.29. The maximum Gasteiger partial charge on any atom is 0.229 e. The minimum atomic E-state index is -3.22. The van der Waals surface area contributed by atoms with E-state index >= 15 is 0 Å². The van der Waals surface area contributed by atoms with Crippen LogP contribution in [0.4, 0.5) is 5.82 Å². The highest BCUT2D eigenvalue weighted by Gasteiger charge is 2.30. The summed E-state index contributed by atoms with van der Waals surface area (Å²) in [7, 11) is -3.22. The van der Waals surface area contributed by atoms with Gasteiger partial charge < -0.3 is 5.32 Å². The van der Waals surface area contributed by atoms with Crippen molar-refractivity contribution in [3.8, 4) is 0 Å². The molecule has 0 aromatic carbocycles. The van der Waals surface area contributed by atoms with Gasteiger partial charge in [-0.05, 0) is 12.8 Å². The summed E-state index contributed by atoms with van der Waals surface area (Å²) in [6, 6.07) is 1.65. The molecule has 1 aromatic heterocycles. The zero-order chi connectivity index (χ0) is 13.2. The van der Waals surface area contributed by atoms with Gasteiger partial charge >= 0.3 is 0 Å². The fraction of sp³-hybridized carbons (Fsp3) is 0.600. The fourth-order valence-corrected chi connectivity index (χ4v) is 2.93. The Bertz CT molecular complexity index is 511. The van der Waals surface area contributed by atoms with Crippen molar-refractivity contribution in [3.05, 3.63) is 12.3 Å². The van der Waals surface area contributed by atoms with E-state index in [0.717, 1.165) is 0 Å². The number of piperidine rings is 1. The molecule has 1 aliphatic heterocycles. The number of nitrogens with zero attached hydrogens (tertiary/aromatic N) is 2. The minimum absolute atomic E-state index is 0.174. The first-order valence-corrected chi connectivity index (χ1v) is 7.57. The van der Waals surface area contributed by atoms with E-state index < -0.39 is 10.0 Å². The van der Waals surface area contributed by atoms with Crippen molar-refractivity contribution < 1.29 is 13.2 Å². The predicted octanol–water partition coefficient (Wildman–Crippen LogP) is 0.0198. The predicted molar refractivity (Wildman–Crippen MR) is 66.4 cm³/mol. The number of anilines is 1. The van der Waals surface area contributed by atoms with Crippen LogP contribution in [-0.2, 0) is 14.8 Å². The molecule has 0 saturated carbocycles. The van der Waals surface area contributed by atoms with Crippen LogP contribution in [0.1, 0.15) is 12.8 Å². The lowest BCUT2D eigenvalue weighted by Crippen LogP contribution is -2.43. The SMILES string of the molecule is CS(=O)(=O)N1CCCC(C(=O)Nc2ccn[nH]2)C1. The van der Waals surface area contributed by atoms with Gasteiger partial charge in [0.25, 0.3) is 0 Å². The van der Waals surface area contributed by atoms with Gasteiger partial charge in [0.05, 0.1) is 18.4 Å². The molecule has 100 valence electrons. The Hall–Kier alpha value is -1.41. The molecule has 0 aliphatic carbocycles. The molecule has 1 atom stereocenters. The van der Waals surface area contributed by atoms with Crippen molar-refractivity contribution in [2.45, 2.75) is 12.8 Å². The Labute approximate surface area is 106 Å². The van der Waals surface area contributed by atoms with Crippen LogP contribution in [0.25, 0.3) is 0 Å². The summed E-state index contributed by atoms with van der Waals surface area (Å²) in [5.41, 5.74) is 0. The molecule has 7 nitrogen and oxygen atoms in total. The lowest BCUT2D eigenvalue weighted by atomic mass is 9.99. The van der Waals surface area contributed by atoms with Crippen LogP contribution in [0.5, 0.6) is 0 Å². The molecule has 2 N–H and O–H groups in total. The first-order valence-electron chi connectivity index (χ1n) is 5.72. The second-order valence-corrected chi connectivity index (χ2v) is 6.40. The molecule has 18 heavy (non-hydrogen) atoms. The van der Waals surface area contributed by atoms with Gasteiger partial charge in [-0.1, -0.05) is 0 Å². The first-order chi connectivity index (χ1) is 8.47. The molecule has 1 aliphatic rings. The molecule has 2 heterocycles. The first kappa shape index (κ1) is 13.0. The molecule has 1 saturated heterocycles. The lowest BCUT2D eigenvalue weighted by molar-refractivity contribution is -0.120. The fourth-order valence-electron chi connectivity index (χ4n) is 2.02. The summed E-state index contributed by atoms with van der Waals surface area (Å²) in [6.07, 6.45) is 4.11. The molecule has 0 radical (unpaired) electrons. The Balaban J connectivity index is 1.98. The largest absolute Gasteiger partial charge is 0.311 e. The van der Waals surface area contributed by atoms with E-state index in [4.69, 9.17) is 0 Å². The average Bonchev–Trinajstić information content (AvgIpc) is 2.81. The van der Waals surface area contributed by atoms with Crippen LogP contribution in [0, 0.1) is 5.92 Å². The number of hydrogen-bond donors (Lipinski definition) is 2. The molecule has 1 aromatic rings. The number of aromatic nitrogens is 2. The van der Waals surface area contributed by atoms with Crippen molar-refractivity contribution in [1.82, 2.24) is 14.5 Å². The molecule has 2 rings (SSSR count). The van der Waals surface area contributed by atoms with Gasteiger partial charge in [0, 0.05) is 19.2 Å². The van der Waals surface area contributed by atoms with Gasteiger partial charge in [-0.25, -0.2) is 12.7 Å². The highest BCUT2D eigenvalue weighted by molar-refractivity contribution is 7.88. The number of aromatic amines is 1. The summed E-state index contributed by atoms with van der Waals surface area (Å²) in [6.45, 7) is 0.742. The molecular weight excluding hydrogens is 256 g/mol. The third-order valence-electron chi connectivity index (χ3n) is 2.98. The van der Waals surface area contributed by atoms with Crippen LogP contribution in [0.2, 0.25) is 0 Å². The summed E-state index contributed by atoms with van der Waals surface area (Å²) < 4.78 is 24.3. The maximum absolute atomic E-state index is 12.0. The van der Waals surface area contributed by atoms with E-state index in [1.54, 1.807) is 12.3 Å². The second-order valence-electron chi connectivity index (χ2n) is 4.42. The van der Waals surface area contributed by atoms with Crippen LogP contribution < -0.4 is 5.32 Å². The Morgan fingerprint density at radius 3 is 3.00 bits per heavy atom. The molecule has 1 amide bonds. The van der Waals surface area contributed by atoms with Crippen LogP contribution >= 0.6 is 0 Å². The summed E-state index contributed by atoms with van der Waals surface area (Å²) in [5.74, 6) is 0.0425. The monoisotopic (exact) mass is 272 g/mol. The smallest absolute Gasteiger partial charge is 0.229 e. The number of H-pyrrole nitrogens is 1. The quantitative estimate of drug-likeness (QED) is 0.811. The van der Waals surface area contributed by atoms with E-state index in [-0.39, 0.29) is 18.4 Å². The van der Waals surface area contributed by atoms with Crippen molar-refractivity contribution in [1.29, 1.82) is 0 Å². The van der Waals surface area contributed by atoms with E-state index in [9.17, 15) is 13.2 Å². The molecular formula is C10H16N4O3S. The van der Waals surface area contributed by atoms with Crippen molar-refractivity contribution >= 4 is 21.7 Å². The molecule has 0 bridgehead atoms. The van der Waals surface area contributed by atoms with Crippen LogP contribution in [0.15, 0.2) is 12.3 Å². The zero-order valence-electron chi connectivity index (χ0n) is 10.1. The maximum atomic E-state index is 12.0. The Morgan fingerprint density at radius 1 is 1.61 bits per heavy atom. The summed E-state index contributed by atoms with van der Waals surface area (Å²) in [4.78, 5) is 12.0. The number of carbonyl (C=O) groups is 1. The Kier molecular flexibility index (Phi) is 3.67. The number of sulfonamides is 1. The van der Waals surface area contributed by atoms with Crippen LogP contribution in [0.3, 0.4) is 0 Å². The molecule has 8 heteroatoms. The minimum Gasteiger partial charge on any atom is -0.311 e. The molecule has 1 unspecified atom stereocenters. The second kappa shape index (κ2) is 5.07. The highest BCUT2D eigenvalue weighted by Crippen LogP contribution is 2.19. The van der Waals surface area contributed by atoms with Crippen molar-refractivity contribution in [2.24, 2.45) is 5.92 Å². The van der Waals surface area contributed by atoms with Gasteiger partial charge in [-0.2, -0.15) is 5.10 Å². The topological polar surface area (TPSA) is 95.2 Å². The van der Waals surface area contributed by atoms with Gasteiger partial charge in [-0.15, -0.1) is 0 Å². The van der Waals surface area contributed by atoms with E-state index in [1.807, 2.05) is 0 Å². The normalized spacial score (nSPS) is 21.7. The number of nitrogens with one attached hydrogen (secondary N) is 2. The zero-order valence-corrected chi connectivity index (χ0v) is 10.9. The van der Waals surface area contributed by atoms with E-state index in [0.29, 0.717) is 25.2 Å². The van der Waals surface area contributed by atoms with Gasteiger partial charge in [0.2, 0.25) is 15.9 Å². The summed E-state index contributed by atoms with van der Waals surface area (Å²) >= 11 is 0. The van der Waals surface area contributed by atoms with E-state index in [1.165, 1.54) is 10.6 Å². The number of amides is 1. The third kappa shape index (κ3) is 3.08. The molecule has 1 fully saturated rings. The Morgan fingerprint density at radius 2 is 2.39 bits per heavy atom. The number of carbonyl (C=O) groups excluding carboxylic acids is 1. The summed E-state index contributed by atoms with van der Waals surface area (Å²) in [5, 5.41) is 9.05. The number of hydrogen-bond acceptors (Lipinski definition) is 4. The average molecular weight is 272 g/mol. The van der Waals surface area contributed by atoms with Gasteiger partial charge in [0.1, 0.15) is 5.82 Å². The number of rotatable bonds is 3. The van der Waals surface area contributed by atoms with Crippen LogP contribution in [-0.4, -0.2) is 48.2 Å². The van der Waals surface area contributed by atoms with Gasteiger partial charge in [0.15, 0.2) is 0 Å².